The molecule has 4 heteroatoms. The van der Waals surface area contributed by atoms with Crippen molar-refractivity contribution in [1.29, 1.82) is 0 Å². The van der Waals surface area contributed by atoms with Crippen LogP contribution >= 0.6 is 23.4 Å². The Labute approximate surface area is 128 Å². The summed E-state index contributed by atoms with van der Waals surface area (Å²) in [5, 5.41) is 3.61. The summed E-state index contributed by atoms with van der Waals surface area (Å²) < 4.78 is 0. The Balaban J connectivity index is 2.04. The molecule has 0 saturated carbocycles. The van der Waals surface area contributed by atoms with Crippen LogP contribution in [-0.2, 0) is 0 Å². The predicted octanol–water partition coefficient (Wildman–Crippen LogP) is 4.55. The Morgan fingerprint density at radius 1 is 1.10 bits per heavy atom. The molecule has 0 bridgehead atoms. The predicted molar refractivity (Wildman–Crippen MR) is 85.6 cm³/mol. The molecule has 1 atom stereocenters. The van der Waals surface area contributed by atoms with E-state index in [4.69, 9.17) is 11.6 Å². The average molecular weight is 306 g/mol. The highest BCUT2D eigenvalue weighted by Crippen LogP contribution is 2.19. The number of amides is 1. The highest BCUT2D eigenvalue weighted by molar-refractivity contribution is 7.98. The molecule has 104 valence electrons. The van der Waals surface area contributed by atoms with Crippen molar-refractivity contribution in [3.63, 3.8) is 0 Å². The fraction of sp³-hybridized carbons (Fsp3) is 0.188. The third-order valence-corrected chi connectivity index (χ3v) is 4.07. The molecule has 2 rings (SSSR count). The standard InChI is InChI=1S/C16H16ClNOS/c1-11(12-5-9-15(20-2)10-6-12)18-16(19)13-3-7-14(17)8-4-13/h3-11H,1-2H3,(H,18,19). The van der Waals surface area contributed by atoms with Gasteiger partial charge in [0.25, 0.3) is 5.91 Å². The van der Waals surface area contributed by atoms with Gasteiger partial charge in [-0.2, -0.15) is 0 Å². The van der Waals surface area contributed by atoms with Gasteiger partial charge in [0.15, 0.2) is 0 Å². The van der Waals surface area contributed by atoms with Gasteiger partial charge in [0, 0.05) is 15.5 Å². The molecule has 0 radical (unpaired) electrons. The lowest BCUT2D eigenvalue weighted by atomic mass is 10.1. The first-order valence-electron chi connectivity index (χ1n) is 6.30. The minimum Gasteiger partial charge on any atom is -0.346 e. The molecule has 0 aromatic heterocycles. The van der Waals surface area contributed by atoms with E-state index in [2.05, 4.69) is 17.4 Å². The number of hydrogen-bond acceptors (Lipinski definition) is 2. The minimum atomic E-state index is -0.0943. The van der Waals surface area contributed by atoms with E-state index >= 15 is 0 Å². The number of halogens is 1. The molecule has 2 nitrogen and oxygen atoms in total. The highest BCUT2D eigenvalue weighted by Gasteiger charge is 2.11. The fourth-order valence-electron chi connectivity index (χ4n) is 1.86. The monoisotopic (exact) mass is 305 g/mol. The Bertz CT molecular complexity index is 580. The number of thioether (sulfide) groups is 1. The Hall–Kier alpha value is -1.45. The third-order valence-electron chi connectivity index (χ3n) is 3.07. The molecule has 20 heavy (non-hydrogen) atoms. The molecule has 0 aliphatic carbocycles. The van der Waals surface area contributed by atoms with E-state index < -0.39 is 0 Å². The Morgan fingerprint density at radius 2 is 1.70 bits per heavy atom. The summed E-state index contributed by atoms with van der Waals surface area (Å²) in [6.07, 6.45) is 2.04. The van der Waals surface area contributed by atoms with Gasteiger partial charge in [-0.3, -0.25) is 4.79 Å². The molecule has 1 unspecified atom stereocenters. The van der Waals surface area contributed by atoms with Gasteiger partial charge in [0.05, 0.1) is 6.04 Å². The molecule has 1 N–H and O–H groups in total. The zero-order valence-electron chi connectivity index (χ0n) is 11.4. The summed E-state index contributed by atoms with van der Waals surface area (Å²) >= 11 is 7.51. The number of nitrogens with one attached hydrogen (secondary N) is 1. The van der Waals surface area contributed by atoms with Crippen LogP contribution in [0.1, 0.15) is 28.9 Å². The van der Waals surface area contributed by atoms with Gasteiger partial charge in [0.1, 0.15) is 0 Å². The quantitative estimate of drug-likeness (QED) is 0.839. The average Bonchev–Trinajstić information content (AvgIpc) is 2.48. The maximum absolute atomic E-state index is 12.1. The molecule has 0 saturated heterocycles. The van der Waals surface area contributed by atoms with Gasteiger partial charge < -0.3 is 5.32 Å². The van der Waals surface area contributed by atoms with Gasteiger partial charge >= 0.3 is 0 Å². The van der Waals surface area contributed by atoms with Crippen LogP contribution < -0.4 is 5.32 Å². The van der Waals surface area contributed by atoms with Crippen molar-refractivity contribution in [3.8, 4) is 0 Å². The first kappa shape index (κ1) is 14.9. The van der Waals surface area contributed by atoms with E-state index in [1.807, 2.05) is 25.3 Å². The van der Waals surface area contributed by atoms with Crippen molar-refractivity contribution in [3.05, 3.63) is 64.7 Å². The van der Waals surface area contributed by atoms with Crippen LogP contribution in [0.3, 0.4) is 0 Å². The fourth-order valence-corrected chi connectivity index (χ4v) is 2.39. The summed E-state index contributed by atoms with van der Waals surface area (Å²) in [5.74, 6) is -0.0943. The number of benzene rings is 2. The van der Waals surface area contributed by atoms with E-state index in [0.717, 1.165) is 5.56 Å². The lowest BCUT2D eigenvalue weighted by Crippen LogP contribution is -2.26. The van der Waals surface area contributed by atoms with Crippen LogP contribution in [-0.4, -0.2) is 12.2 Å². The number of rotatable bonds is 4. The highest BCUT2D eigenvalue weighted by atomic mass is 35.5. The minimum absolute atomic E-state index is 0.0333. The normalized spacial score (nSPS) is 11.9. The van der Waals surface area contributed by atoms with Crippen molar-refractivity contribution in [2.45, 2.75) is 17.9 Å². The second-order valence-electron chi connectivity index (χ2n) is 4.48. The lowest BCUT2D eigenvalue weighted by Gasteiger charge is -2.14. The zero-order chi connectivity index (χ0) is 14.5. The van der Waals surface area contributed by atoms with E-state index in [-0.39, 0.29) is 11.9 Å². The first-order chi connectivity index (χ1) is 9.60. The van der Waals surface area contributed by atoms with Crippen LogP contribution in [0.25, 0.3) is 0 Å². The third kappa shape index (κ3) is 3.78. The summed E-state index contributed by atoms with van der Waals surface area (Å²) in [7, 11) is 0. The first-order valence-corrected chi connectivity index (χ1v) is 7.91. The van der Waals surface area contributed by atoms with Gasteiger partial charge in [-0.1, -0.05) is 23.7 Å². The van der Waals surface area contributed by atoms with Crippen LogP contribution in [0, 0.1) is 0 Å². The van der Waals surface area contributed by atoms with Crippen LogP contribution in [0.15, 0.2) is 53.4 Å². The van der Waals surface area contributed by atoms with Crippen molar-refractivity contribution in [2.24, 2.45) is 0 Å². The maximum Gasteiger partial charge on any atom is 0.251 e. The Kier molecular flexibility index (Phi) is 5.10. The molecular weight excluding hydrogens is 290 g/mol. The van der Waals surface area contributed by atoms with Crippen molar-refractivity contribution in [1.82, 2.24) is 5.32 Å². The number of carbonyl (C=O) groups is 1. The molecule has 0 fully saturated rings. The molecule has 0 aliphatic heterocycles. The van der Waals surface area contributed by atoms with Gasteiger partial charge in [0.2, 0.25) is 0 Å². The van der Waals surface area contributed by atoms with Crippen LogP contribution in [0.4, 0.5) is 0 Å². The zero-order valence-corrected chi connectivity index (χ0v) is 13.0. The molecule has 0 spiro atoms. The summed E-state index contributed by atoms with van der Waals surface area (Å²) in [6, 6.07) is 15.0. The topological polar surface area (TPSA) is 29.1 Å². The van der Waals surface area contributed by atoms with Gasteiger partial charge in [-0.05, 0) is 55.1 Å². The van der Waals surface area contributed by atoms with Crippen molar-refractivity contribution in [2.75, 3.05) is 6.26 Å². The second-order valence-corrected chi connectivity index (χ2v) is 5.79. The largest absolute Gasteiger partial charge is 0.346 e. The van der Waals surface area contributed by atoms with Gasteiger partial charge in [-0.15, -0.1) is 11.8 Å². The van der Waals surface area contributed by atoms with E-state index in [1.165, 1.54) is 4.90 Å². The SMILES string of the molecule is CSc1ccc(C(C)NC(=O)c2ccc(Cl)cc2)cc1. The molecule has 2 aromatic carbocycles. The van der Waals surface area contributed by atoms with E-state index in [0.29, 0.717) is 10.6 Å². The Morgan fingerprint density at radius 3 is 2.25 bits per heavy atom. The summed E-state index contributed by atoms with van der Waals surface area (Å²) in [4.78, 5) is 13.3. The van der Waals surface area contributed by atoms with Crippen LogP contribution in [0.2, 0.25) is 5.02 Å². The van der Waals surface area contributed by atoms with E-state index in [1.54, 1.807) is 36.0 Å². The molecular formula is C16H16ClNOS. The second kappa shape index (κ2) is 6.82. The van der Waals surface area contributed by atoms with Crippen LogP contribution in [0.5, 0.6) is 0 Å². The smallest absolute Gasteiger partial charge is 0.251 e. The molecule has 1 amide bonds. The van der Waals surface area contributed by atoms with E-state index in [9.17, 15) is 4.79 Å². The van der Waals surface area contributed by atoms with Crippen molar-refractivity contribution < 1.29 is 4.79 Å². The summed E-state index contributed by atoms with van der Waals surface area (Å²) in [5.41, 5.74) is 1.70. The maximum atomic E-state index is 12.1. The number of carbonyl (C=O) groups excluding carboxylic acids is 1. The van der Waals surface area contributed by atoms with Gasteiger partial charge in [-0.25, -0.2) is 0 Å². The van der Waals surface area contributed by atoms with Crippen molar-refractivity contribution >= 4 is 29.3 Å². The molecule has 0 aliphatic rings. The number of hydrogen-bond donors (Lipinski definition) is 1. The molecule has 0 heterocycles. The summed E-state index contributed by atoms with van der Waals surface area (Å²) in [6.45, 7) is 1.97. The molecule has 2 aromatic rings. The lowest BCUT2D eigenvalue weighted by molar-refractivity contribution is 0.0940.